The van der Waals surface area contributed by atoms with Crippen molar-refractivity contribution in [1.29, 1.82) is 0 Å². The van der Waals surface area contributed by atoms with Gasteiger partial charge in [-0.15, -0.1) is 0 Å². The van der Waals surface area contributed by atoms with E-state index in [1.807, 2.05) is 4.72 Å². The Morgan fingerprint density at radius 1 is 0.929 bits per heavy atom. The summed E-state index contributed by atoms with van der Waals surface area (Å²) in [5.74, 6) is -2.26. The molecule has 2 amide bonds. The summed E-state index contributed by atoms with van der Waals surface area (Å²) in [4.78, 5) is 40.4. The summed E-state index contributed by atoms with van der Waals surface area (Å²) in [5.41, 5.74) is 1.09. The number of carbonyl (C=O) groups is 3. The Morgan fingerprint density at radius 2 is 1.64 bits per heavy atom. The number of carboxylic acids is 1. The number of halogens is 1. The number of unbranched alkanes of at least 4 members (excludes halogenated alkanes) is 4. The number of pyridine rings is 1. The van der Waals surface area contributed by atoms with Crippen LogP contribution in [0.15, 0.2) is 59.6 Å². The fourth-order valence-electron chi connectivity index (χ4n) is 4.23. The van der Waals surface area contributed by atoms with Gasteiger partial charge in [0.1, 0.15) is 5.75 Å². The third-order valence-corrected chi connectivity index (χ3v) is 8.25. The predicted molar refractivity (Wildman–Crippen MR) is 156 cm³/mol. The van der Waals surface area contributed by atoms with Crippen LogP contribution in [0.1, 0.15) is 81.4 Å². The minimum atomic E-state index is -4.23. The largest absolute Gasteiger partial charge is 0.543 e. The number of sulfonamides is 1. The molecule has 0 atom stereocenters. The van der Waals surface area contributed by atoms with E-state index in [4.69, 9.17) is 16.3 Å². The molecule has 0 fully saturated rings. The van der Waals surface area contributed by atoms with Crippen molar-refractivity contribution in [1.82, 2.24) is 15.0 Å². The normalized spacial score (nSPS) is 11.1. The van der Waals surface area contributed by atoms with Crippen molar-refractivity contribution in [2.45, 2.75) is 56.8 Å². The number of aryl methyl sites for hydroxylation is 1. The fraction of sp³-hybridized carbons (Fsp3) is 0.333. The standard InChI is InChI=1S/C30H34ClN3O7S/c1-3-4-5-6-7-8-21-17-27(30(37)38)33-19-25(21)29(36)34-42(39,40)23-12-9-20(10-13-23)15-16-32-28(35)24-18-22(41-2)11-14-26(24)31/h9-14,17-19H,3-8,15-16H2,1-2H3,(H,32,35)(H,34,36)(H,37,38)/p-1. The van der Waals surface area contributed by atoms with Gasteiger partial charge in [0.2, 0.25) is 0 Å². The monoisotopic (exact) mass is 614 g/mol. The molecule has 0 saturated carbocycles. The van der Waals surface area contributed by atoms with E-state index < -0.39 is 21.9 Å². The van der Waals surface area contributed by atoms with Crippen molar-refractivity contribution in [3.63, 3.8) is 0 Å². The molecule has 1 heterocycles. The van der Waals surface area contributed by atoms with E-state index in [0.717, 1.165) is 37.4 Å². The van der Waals surface area contributed by atoms with Crippen LogP contribution in [-0.2, 0) is 22.9 Å². The van der Waals surface area contributed by atoms with Crippen molar-refractivity contribution in [3.8, 4) is 5.75 Å². The number of ether oxygens (including phenoxy) is 1. The van der Waals surface area contributed by atoms with E-state index in [9.17, 15) is 27.9 Å². The molecule has 10 nitrogen and oxygen atoms in total. The number of hydrogen-bond acceptors (Lipinski definition) is 8. The van der Waals surface area contributed by atoms with E-state index in [2.05, 4.69) is 17.2 Å². The zero-order valence-corrected chi connectivity index (χ0v) is 25.0. The maximum atomic E-state index is 13.0. The topological polar surface area (TPSA) is 155 Å². The van der Waals surface area contributed by atoms with Crippen LogP contribution in [0.2, 0.25) is 5.02 Å². The molecule has 0 unspecified atom stereocenters. The lowest BCUT2D eigenvalue weighted by Gasteiger charge is -2.13. The minimum absolute atomic E-state index is 0.0115. The van der Waals surface area contributed by atoms with E-state index in [1.165, 1.54) is 31.4 Å². The van der Waals surface area contributed by atoms with Crippen LogP contribution in [0.25, 0.3) is 0 Å². The number of nitrogens with one attached hydrogen (secondary N) is 2. The second kappa shape index (κ2) is 15.3. The van der Waals surface area contributed by atoms with E-state index in [0.29, 0.717) is 30.6 Å². The highest BCUT2D eigenvalue weighted by molar-refractivity contribution is 7.90. The number of methoxy groups -OCH3 is 1. The van der Waals surface area contributed by atoms with Crippen LogP contribution in [0.3, 0.4) is 0 Å². The number of benzene rings is 2. The molecule has 224 valence electrons. The van der Waals surface area contributed by atoms with Crippen molar-refractivity contribution in [2.75, 3.05) is 13.7 Å². The molecule has 0 spiro atoms. The van der Waals surface area contributed by atoms with Gasteiger partial charge in [0, 0.05) is 12.7 Å². The van der Waals surface area contributed by atoms with Gasteiger partial charge in [0.15, 0.2) is 0 Å². The quantitative estimate of drug-likeness (QED) is 0.246. The number of rotatable bonds is 15. The average Bonchev–Trinajstić information content (AvgIpc) is 2.97. The van der Waals surface area contributed by atoms with Crippen LogP contribution in [0, 0.1) is 0 Å². The summed E-state index contributed by atoms with van der Waals surface area (Å²) < 4.78 is 33.1. The number of amides is 2. The Kier molecular flexibility index (Phi) is 11.9. The van der Waals surface area contributed by atoms with Gasteiger partial charge in [-0.1, -0.05) is 56.3 Å². The molecule has 3 rings (SSSR count). The summed E-state index contributed by atoms with van der Waals surface area (Å²) in [6.07, 6.45) is 6.60. The molecular weight excluding hydrogens is 582 g/mol. The number of carbonyl (C=O) groups excluding carboxylic acids is 3. The second-order valence-electron chi connectivity index (χ2n) is 9.61. The Hall–Kier alpha value is -3.96. The maximum absolute atomic E-state index is 13.0. The molecular formula is C30H33ClN3O7S-. The van der Waals surface area contributed by atoms with Crippen LogP contribution in [0.4, 0.5) is 0 Å². The van der Waals surface area contributed by atoms with Crippen molar-refractivity contribution in [3.05, 3.63) is 87.7 Å². The summed E-state index contributed by atoms with van der Waals surface area (Å²) in [5, 5.41) is 14.3. The second-order valence-corrected chi connectivity index (χ2v) is 11.7. The molecule has 12 heteroatoms. The molecule has 3 aromatic rings. The van der Waals surface area contributed by atoms with E-state index >= 15 is 0 Å². The lowest BCUT2D eigenvalue weighted by molar-refractivity contribution is -0.255. The first kappa shape index (κ1) is 32.6. The Labute approximate surface area is 250 Å². The summed E-state index contributed by atoms with van der Waals surface area (Å²) >= 11 is 6.11. The van der Waals surface area contributed by atoms with Gasteiger partial charge >= 0.3 is 0 Å². The van der Waals surface area contributed by atoms with Crippen LogP contribution >= 0.6 is 11.6 Å². The molecule has 0 aliphatic carbocycles. The smallest absolute Gasteiger partial charge is 0.266 e. The zero-order valence-electron chi connectivity index (χ0n) is 23.4. The molecule has 0 saturated heterocycles. The first-order chi connectivity index (χ1) is 20.1. The van der Waals surface area contributed by atoms with Gasteiger partial charge in [-0.05, 0) is 66.8 Å². The molecule has 0 radical (unpaired) electrons. The fourth-order valence-corrected chi connectivity index (χ4v) is 5.40. The maximum Gasteiger partial charge on any atom is 0.266 e. The number of aromatic nitrogens is 1. The molecule has 2 N–H and O–H groups in total. The molecule has 42 heavy (non-hydrogen) atoms. The van der Waals surface area contributed by atoms with Gasteiger partial charge in [0.25, 0.3) is 21.8 Å². The predicted octanol–water partition coefficient (Wildman–Crippen LogP) is 3.71. The highest BCUT2D eigenvalue weighted by Gasteiger charge is 2.21. The van der Waals surface area contributed by atoms with Crippen LogP contribution < -0.4 is 19.9 Å². The number of carboxylic acid groups (broad SMARTS) is 1. The summed E-state index contributed by atoms with van der Waals surface area (Å²) in [6, 6.07) is 11.9. The van der Waals surface area contributed by atoms with Crippen molar-refractivity contribution in [2.24, 2.45) is 0 Å². The highest BCUT2D eigenvalue weighted by atomic mass is 35.5. The number of nitrogens with zero attached hydrogens (tertiary/aromatic N) is 1. The number of hydrogen-bond donors (Lipinski definition) is 2. The van der Waals surface area contributed by atoms with Gasteiger partial charge in [-0.25, -0.2) is 13.1 Å². The van der Waals surface area contributed by atoms with Crippen LogP contribution in [0.5, 0.6) is 5.75 Å². The van der Waals surface area contributed by atoms with Gasteiger partial charge in [-0.2, -0.15) is 0 Å². The van der Waals surface area contributed by atoms with Crippen molar-refractivity contribution >= 4 is 39.4 Å². The van der Waals surface area contributed by atoms with Gasteiger partial charge < -0.3 is 20.0 Å². The highest BCUT2D eigenvalue weighted by Crippen LogP contribution is 2.22. The third-order valence-electron chi connectivity index (χ3n) is 6.57. The molecule has 2 aromatic carbocycles. The van der Waals surface area contributed by atoms with E-state index in [1.54, 1.807) is 24.3 Å². The van der Waals surface area contributed by atoms with Crippen molar-refractivity contribution < 1.29 is 32.6 Å². The molecule has 0 aliphatic rings. The zero-order chi connectivity index (χ0) is 30.7. The lowest BCUT2D eigenvalue weighted by atomic mass is 10.0. The average molecular weight is 615 g/mol. The van der Waals surface area contributed by atoms with Gasteiger partial charge in [-0.3, -0.25) is 14.6 Å². The SMILES string of the molecule is CCCCCCCc1cc(C(=O)[O-])ncc1C(=O)NS(=O)(=O)c1ccc(CCNC(=O)c2cc(OC)ccc2Cl)cc1. The van der Waals surface area contributed by atoms with Crippen LogP contribution in [-0.4, -0.2) is 44.8 Å². The molecule has 0 aliphatic heterocycles. The Morgan fingerprint density at radius 3 is 2.31 bits per heavy atom. The molecule has 1 aromatic heterocycles. The summed E-state index contributed by atoms with van der Waals surface area (Å²) in [7, 11) is -2.75. The third kappa shape index (κ3) is 9.02. The number of aromatic carboxylic acids is 1. The summed E-state index contributed by atoms with van der Waals surface area (Å²) in [6.45, 7) is 2.36. The van der Waals surface area contributed by atoms with E-state index in [-0.39, 0.29) is 39.2 Å². The molecule has 0 bridgehead atoms. The Bertz CT molecular complexity index is 1530. The lowest BCUT2D eigenvalue weighted by Crippen LogP contribution is -2.32. The van der Waals surface area contributed by atoms with Gasteiger partial charge in [0.05, 0.1) is 39.8 Å². The first-order valence-electron chi connectivity index (χ1n) is 13.5. The Balaban J connectivity index is 1.63. The first-order valence-corrected chi connectivity index (χ1v) is 15.4. The minimum Gasteiger partial charge on any atom is -0.543 e.